The average molecular weight is 454 g/mol. The Hall–Kier alpha value is -2.57. The van der Waals surface area contributed by atoms with Gasteiger partial charge in [0.25, 0.3) is 5.91 Å². The molecule has 1 N–H and O–H groups in total. The van der Waals surface area contributed by atoms with Crippen LogP contribution in [0.25, 0.3) is 0 Å². The summed E-state index contributed by atoms with van der Waals surface area (Å²) in [6.45, 7) is 2.21. The molecule has 5 aliphatic rings. The van der Waals surface area contributed by atoms with Gasteiger partial charge in [0.15, 0.2) is 0 Å². The monoisotopic (exact) mass is 453 g/mol. The number of carbonyl (C=O) groups excluding carboxylic acids is 3. The van der Waals surface area contributed by atoms with Crippen molar-refractivity contribution in [2.45, 2.75) is 44.9 Å². The smallest absolute Gasteiger partial charge is 0.257 e. The van der Waals surface area contributed by atoms with Crippen LogP contribution < -0.4 is 10.1 Å². The van der Waals surface area contributed by atoms with Crippen molar-refractivity contribution in [2.75, 3.05) is 39.8 Å². The average Bonchev–Trinajstić information content (AvgIpc) is 3.07. The van der Waals surface area contributed by atoms with Gasteiger partial charge in [-0.25, -0.2) is 0 Å². The SMILES string of the molecule is COc1ccccc1C(=O)N1CCCN(C(=O)CNC(=O)C23CC4CC(CC(C4)C2)C3)CC1. The first-order chi connectivity index (χ1) is 16.0. The summed E-state index contributed by atoms with van der Waals surface area (Å²) >= 11 is 0. The van der Waals surface area contributed by atoms with Gasteiger partial charge in [-0.2, -0.15) is 0 Å². The predicted molar refractivity (Wildman–Crippen MR) is 124 cm³/mol. The molecule has 1 saturated heterocycles. The third-order valence-corrected chi connectivity index (χ3v) is 8.39. The Bertz CT molecular complexity index is 895. The molecule has 7 heteroatoms. The molecule has 1 aromatic rings. The van der Waals surface area contributed by atoms with E-state index >= 15 is 0 Å². The third kappa shape index (κ3) is 4.34. The van der Waals surface area contributed by atoms with Crippen LogP contribution in [-0.4, -0.2) is 67.4 Å². The van der Waals surface area contributed by atoms with E-state index < -0.39 is 0 Å². The highest BCUT2D eigenvalue weighted by Crippen LogP contribution is 2.60. The molecule has 1 aliphatic heterocycles. The fraction of sp³-hybridized carbons (Fsp3) is 0.654. The molecule has 178 valence electrons. The number of para-hydroxylation sites is 1. The summed E-state index contributed by atoms with van der Waals surface area (Å²) in [6, 6.07) is 7.23. The van der Waals surface area contributed by atoms with Crippen molar-refractivity contribution < 1.29 is 19.1 Å². The first kappa shape index (κ1) is 22.2. The van der Waals surface area contributed by atoms with Crippen LogP contribution in [0.15, 0.2) is 24.3 Å². The van der Waals surface area contributed by atoms with Gasteiger partial charge >= 0.3 is 0 Å². The van der Waals surface area contributed by atoms with E-state index in [-0.39, 0.29) is 29.7 Å². The molecule has 4 aliphatic carbocycles. The van der Waals surface area contributed by atoms with Crippen LogP contribution in [-0.2, 0) is 9.59 Å². The third-order valence-electron chi connectivity index (χ3n) is 8.39. The molecule has 33 heavy (non-hydrogen) atoms. The van der Waals surface area contributed by atoms with E-state index in [0.29, 0.717) is 55.2 Å². The lowest BCUT2D eigenvalue weighted by Crippen LogP contribution is -2.54. The second kappa shape index (κ2) is 8.99. The maximum Gasteiger partial charge on any atom is 0.257 e. The Kier molecular flexibility index (Phi) is 6.06. The van der Waals surface area contributed by atoms with Crippen molar-refractivity contribution >= 4 is 17.7 Å². The number of benzene rings is 1. The maximum absolute atomic E-state index is 13.2. The van der Waals surface area contributed by atoms with Gasteiger partial charge in [-0.05, 0) is 74.8 Å². The minimum Gasteiger partial charge on any atom is -0.496 e. The van der Waals surface area contributed by atoms with Crippen LogP contribution >= 0.6 is 0 Å². The van der Waals surface area contributed by atoms with Gasteiger partial charge in [-0.1, -0.05) is 12.1 Å². The molecular weight excluding hydrogens is 418 g/mol. The number of amides is 3. The lowest BCUT2D eigenvalue weighted by Gasteiger charge is -2.55. The van der Waals surface area contributed by atoms with Crippen LogP contribution in [0.1, 0.15) is 55.3 Å². The number of carbonyl (C=O) groups is 3. The summed E-state index contributed by atoms with van der Waals surface area (Å²) in [5.41, 5.74) is 0.314. The zero-order chi connectivity index (χ0) is 23.0. The van der Waals surface area contributed by atoms with E-state index in [1.165, 1.54) is 19.3 Å². The minimum atomic E-state index is -0.230. The van der Waals surface area contributed by atoms with E-state index in [1.807, 2.05) is 12.1 Å². The maximum atomic E-state index is 13.2. The summed E-state index contributed by atoms with van der Waals surface area (Å²) in [5.74, 6) is 2.64. The molecule has 0 radical (unpaired) electrons. The molecule has 0 aromatic heterocycles. The van der Waals surface area contributed by atoms with Gasteiger partial charge in [-0.3, -0.25) is 14.4 Å². The Morgan fingerprint density at radius 2 is 1.55 bits per heavy atom. The zero-order valence-electron chi connectivity index (χ0n) is 19.6. The van der Waals surface area contributed by atoms with Crippen LogP contribution in [0.5, 0.6) is 5.75 Å². The van der Waals surface area contributed by atoms with Gasteiger partial charge in [0.1, 0.15) is 5.75 Å². The highest BCUT2D eigenvalue weighted by Gasteiger charge is 2.54. The number of nitrogens with zero attached hydrogens (tertiary/aromatic N) is 2. The zero-order valence-corrected chi connectivity index (χ0v) is 19.6. The molecule has 4 bridgehead atoms. The fourth-order valence-electron chi connectivity index (χ4n) is 7.21. The lowest BCUT2D eigenvalue weighted by atomic mass is 9.49. The molecular formula is C26H35N3O4. The van der Waals surface area contributed by atoms with Crippen LogP contribution in [0, 0.1) is 23.2 Å². The van der Waals surface area contributed by atoms with E-state index in [0.717, 1.165) is 25.7 Å². The Morgan fingerprint density at radius 1 is 0.939 bits per heavy atom. The van der Waals surface area contributed by atoms with Crippen LogP contribution in [0.3, 0.4) is 0 Å². The summed E-state index contributed by atoms with van der Waals surface area (Å²) in [5, 5.41) is 3.00. The van der Waals surface area contributed by atoms with E-state index in [4.69, 9.17) is 4.74 Å². The van der Waals surface area contributed by atoms with E-state index in [2.05, 4.69) is 5.32 Å². The standard InChI is InChI=1S/C26H35N3O4/c1-33-22-6-3-2-5-21(22)24(31)29-8-4-7-28(9-10-29)23(30)17-27-25(32)26-14-18-11-19(15-26)13-20(12-18)16-26/h2-3,5-6,18-20H,4,7-17H2,1H3,(H,27,32). The van der Waals surface area contributed by atoms with Gasteiger partial charge in [0.05, 0.1) is 19.2 Å². The number of ether oxygens (including phenoxy) is 1. The number of hydrogen-bond acceptors (Lipinski definition) is 4. The molecule has 1 heterocycles. The van der Waals surface area contributed by atoms with Crippen molar-refractivity contribution in [1.82, 2.24) is 15.1 Å². The molecule has 7 nitrogen and oxygen atoms in total. The molecule has 6 rings (SSSR count). The summed E-state index contributed by atoms with van der Waals surface area (Å²) in [7, 11) is 1.56. The highest BCUT2D eigenvalue weighted by atomic mass is 16.5. The molecule has 0 unspecified atom stereocenters. The molecule has 3 amide bonds. The Morgan fingerprint density at radius 3 is 2.21 bits per heavy atom. The van der Waals surface area contributed by atoms with E-state index in [1.54, 1.807) is 29.0 Å². The van der Waals surface area contributed by atoms with Crippen molar-refractivity contribution in [3.63, 3.8) is 0 Å². The molecule has 4 saturated carbocycles. The second-order valence-corrected chi connectivity index (χ2v) is 10.6. The first-order valence-corrected chi connectivity index (χ1v) is 12.5. The normalized spacial score (nSPS) is 30.6. The van der Waals surface area contributed by atoms with Gasteiger partial charge in [-0.15, -0.1) is 0 Å². The molecule has 1 aromatic carbocycles. The topological polar surface area (TPSA) is 79.0 Å². The van der Waals surface area contributed by atoms with E-state index in [9.17, 15) is 14.4 Å². The first-order valence-electron chi connectivity index (χ1n) is 12.5. The summed E-state index contributed by atoms with van der Waals surface area (Å²) in [4.78, 5) is 42.7. The van der Waals surface area contributed by atoms with Gasteiger partial charge in [0, 0.05) is 31.6 Å². The number of rotatable bonds is 5. The largest absolute Gasteiger partial charge is 0.496 e. The van der Waals surface area contributed by atoms with Crippen molar-refractivity contribution in [3.05, 3.63) is 29.8 Å². The van der Waals surface area contributed by atoms with Crippen molar-refractivity contribution in [3.8, 4) is 5.75 Å². The molecule has 0 spiro atoms. The number of nitrogens with one attached hydrogen (secondary N) is 1. The quantitative estimate of drug-likeness (QED) is 0.744. The summed E-state index contributed by atoms with van der Waals surface area (Å²) in [6.07, 6.45) is 7.61. The lowest BCUT2D eigenvalue weighted by molar-refractivity contribution is -0.148. The Labute approximate surface area is 195 Å². The second-order valence-electron chi connectivity index (χ2n) is 10.6. The molecule has 5 fully saturated rings. The highest BCUT2D eigenvalue weighted by molar-refractivity contribution is 5.97. The van der Waals surface area contributed by atoms with Crippen molar-refractivity contribution in [1.29, 1.82) is 0 Å². The Balaban J connectivity index is 1.15. The van der Waals surface area contributed by atoms with Gasteiger partial charge in [0.2, 0.25) is 11.8 Å². The number of hydrogen-bond donors (Lipinski definition) is 1. The molecule has 0 atom stereocenters. The fourth-order valence-corrected chi connectivity index (χ4v) is 7.21. The number of methoxy groups -OCH3 is 1. The predicted octanol–water partition coefficient (Wildman–Crippen LogP) is 2.70. The van der Waals surface area contributed by atoms with Gasteiger partial charge < -0.3 is 19.9 Å². The summed E-state index contributed by atoms with van der Waals surface area (Å²) < 4.78 is 5.34. The van der Waals surface area contributed by atoms with Crippen LogP contribution in [0.2, 0.25) is 0 Å². The van der Waals surface area contributed by atoms with Crippen molar-refractivity contribution in [2.24, 2.45) is 23.2 Å². The van der Waals surface area contributed by atoms with Crippen LogP contribution in [0.4, 0.5) is 0 Å². The minimum absolute atomic E-state index is 0.0559.